The van der Waals surface area contributed by atoms with E-state index < -0.39 is 8.32 Å². The van der Waals surface area contributed by atoms with Crippen LogP contribution in [0.1, 0.15) is 25.3 Å². The first-order valence-electron chi connectivity index (χ1n) is 10.6. The smallest absolute Gasteiger partial charge is 0.297 e. The highest BCUT2D eigenvalue weighted by atomic mass is 28.4. The van der Waals surface area contributed by atoms with Gasteiger partial charge in [0.15, 0.2) is 14.1 Å². The molecule has 3 rings (SSSR count). The van der Waals surface area contributed by atoms with Gasteiger partial charge in [0.2, 0.25) is 0 Å². The lowest BCUT2D eigenvalue weighted by Gasteiger charge is -2.30. The molecule has 164 valence electrons. The maximum Gasteiger partial charge on any atom is 0.297 e. The van der Waals surface area contributed by atoms with Crippen molar-refractivity contribution in [1.29, 1.82) is 0 Å². The van der Waals surface area contributed by atoms with Gasteiger partial charge < -0.3 is 19.4 Å². The molecule has 0 radical (unpaired) electrons. The van der Waals surface area contributed by atoms with E-state index in [9.17, 15) is 14.7 Å². The van der Waals surface area contributed by atoms with Crippen LogP contribution in [0, 0.1) is 5.92 Å². The Kier molecular flexibility index (Phi) is 7.18. The van der Waals surface area contributed by atoms with Crippen LogP contribution in [-0.4, -0.2) is 48.7 Å². The fourth-order valence-corrected chi connectivity index (χ4v) is 7.43. The number of methoxy groups -OCH3 is 1. The quantitative estimate of drug-likeness (QED) is 0.628. The molecule has 1 fully saturated rings. The van der Waals surface area contributed by atoms with Gasteiger partial charge in [0.25, 0.3) is 5.56 Å². The molecular formula is C23H33NO5Si. The number of aromatic nitrogens is 1. The summed E-state index contributed by atoms with van der Waals surface area (Å²) in [4.78, 5) is 23.1. The Morgan fingerprint density at radius 2 is 1.83 bits per heavy atom. The monoisotopic (exact) mass is 431 g/mol. The predicted octanol–water partition coefficient (Wildman–Crippen LogP) is 3.13. The maximum atomic E-state index is 12.4. The minimum absolute atomic E-state index is 0.0658. The summed E-state index contributed by atoms with van der Waals surface area (Å²) in [7, 11) is -0.882. The Balaban J connectivity index is 1.68. The Morgan fingerprint density at radius 1 is 1.13 bits per heavy atom. The SMILES string of the molecule is COc1cccn(-c2ccc(CC[C@@H]3O[C@H](CCO)[C@@H]([Si](C)(C)O)[C@@H]3C)cc2)c1=O. The Hall–Kier alpha value is -1.93. The van der Waals surface area contributed by atoms with Gasteiger partial charge in [-0.05, 0) is 68.1 Å². The molecule has 1 aromatic carbocycles. The molecule has 0 aliphatic carbocycles. The van der Waals surface area contributed by atoms with Crippen molar-refractivity contribution in [2.75, 3.05) is 13.7 Å². The van der Waals surface area contributed by atoms with Crippen LogP contribution in [0.4, 0.5) is 0 Å². The first kappa shape index (κ1) is 22.7. The number of benzene rings is 1. The number of ether oxygens (including phenoxy) is 2. The van der Waals surface area contributed by atoms with Crippen molar-refractivity contribution in [3.05, 3.63) is 58.5 Å². The highest BCUT2D eigenvalue weighted by molar-refractivity contribution is 6.71. The van der Waals surface area contributed by atoms with Gasteiger partial charge in [0, 0.05) is 24.0 Å². The molecule has 0 amide bonds. The maximum absolute atomic E-state index is 12.4. The van der Waals surface area contributed by atoms with E-state index in [1.54, 1.807) is 22.9 Å². The van der Waals surface area contributed by atoms with Gasteiger partial charge in [-0.3, -0.25) is 9.36 Å². The highest BCUT2D eigenvalue weighted by Gasteiger charge is 2.49. The van der Waals surface area contributed by atoms with Crippen LogP contribution in [0.2, 0.25) is 18.6 Å². The third kappa shape index (κ3) is 4.86. The van der Waals surface area contributed by atoms with E-state index >= 15 is 0 Å². The number of aliphatic hydroxyl groups excluding tert-OH is 1. The van der Waals surface area contributed by atoms with Crippen LogP contribution >= 0.6 is 0 Å². The molecule has 1 saturated heterocycles. The average Bonchev–Trinajstić information content (AvgIpc) is 3.03. The van der Waals surface area contributed by atoms with E-state index in [2.05, 4.69) is 6.92 Å². The van der Waals surface area contributed by atoms with Gasteiger partial charge in [-0.25, -0.2) is 0 Å². The molecule has 0 spiro atoms. The highest BCUT2D eigenvalue weighted by Crippen LogP contribution is 2.45. The molecule has 0 bridgehead atoms. The third-order valence-corrected chi connectivity index (χ3v) is 8.73. The molecule has 4 atom stereocenters. The Bertz CT molecular complexity index is 890. The molecule has 2 heterocycles. The second-order valence-electron chi connectivity index (χ2n) is 8.72. The van der Waals surface area contributed by atoms with Crippen molar-refractivity contribution in [3.8, 4) is 11.4 Å². The van der Waals surface area contributed by atoms with Crippen molar-refractivity contribution in [3.63, 3.8) is 0 Å². The average molecular weight is 432 g/mol. The summed E-state index contributed by atoms with van der Waals surface area (Å²) < 4.78 is 13.0. The van der Waals surface area contributed by atoms with Gasteiger partial charge in [-0.1, -0.05) is 19.1 Å². The number of aliphatic hydroxyl groups is 1. The lowest BCUT2D eigenvalue weighted by atomic mass is 9.95. The molecule has 7 heteroatoms. The van der Waals surface area contributed by atoms with Crippen LogP contribution in [-0.2, 0) is 11.2 Å². The van der Waals surface area contributed by atoms with E-state index in [0.29, 0.717) is 12.2 Å². The standard InChI is InChI=1S/C23H33NO5Si/c1-16-19(29-20(13-15-25)22(16)30(3,4)27)12-9-17-7-10-18(11-8-17)24-14-5-6-21(28-2)23(24)26/h5-8,10-11,14,16,19-20,22,25,27H,9,12-13,15H2,1-4H3/t16-,19+,20-,22+/m1/s1. The van der Waals surface area contributed by atoms with Crippen LogP contribution in [0.25, 0.3) is 5.69 Å². The van der Waals surface area contributed by atoms with E-state index in [4.69, 9.17) is 9.47 Å². The molecule has 6 nitrogen and oxygen atoms in total. The van der Waals surface area contributed by atoms with Gasteiger partial charge in [-0.2, -0.15) is 0 Å². The van der Waals surface area contributed by atoms with Crippen LogP contribution < -0.4 is 10.3 Å². The van der Waals surface area contributed by atoms with Crippen molar-refractivity contribution in [2.45, 2.75) is 57.0 Å². The lowest BCUT2D eigenvalue weighted by molar-refractivity contribution is 0.0192. The summed E-state index contributed by atoms with van der Waals surface area (Å²) in [6.07, 6.45) is 4.04. The molecule has 1 aliphatic rings. The van der Waals surface area contributed by atoms with Gasteiger partial charge in [0.05, 0.1) is 19.3 Å². The predicted molar refractivity (Wildman–Crippen MR) is 120 cm³/mol. The summed E-state index contributed by atoms with van der Waals surface area (Å²) in [6, 6.07) is 11.4. The minimum Gasteiger partial charge on any atom is -0.491 e. The zero-order valence-corrected chi connectivity index (χ0v) is 19.2. The molecule has 2 N–H and O–H groups in total. The number of aryl methyl sites for hydroxylation is 1. The van der Waals surface area contributed by atoms with Crippen molar-refractivity contribution in [1.82, 2.24) is 4.57 Å². The van der Waals surface area contributed by atoms with E-state index in [-0.39, 0.29) is 35.8 Å². The van der Waals surface area contributed by atoms with Crippen molar-refractivity contribution < 1.29 is 19.4 Å². The summed E-state index contributed by atoms with van der Waals surface area (Å²) in [5.74, 6) is 0.583. The summed E-state index contributed by atoms with van der Waals surface area (Å²) in [5.41, 5.74) is 1.92. The number of hydrogen-bond donors (Lipinski definition) is 2. The third-order valence-electron chi connectivity index (χ3n) is 6.20. The Labute approximate surface area is 179 Å². The molecule has 30 heavy (non-hydrogen) atoms. The minimum atomic E-state index is -2.37. The number of hydrogen-bond acceptors (Lipinski definition) is 5. The van der Waals surface area contributed by atoms with Gasteiger partial charge >= 0.3 is 0 Å². The van der Waals surface area contributed by atoms with Crippen LogP contribution in [0.5, 0.6) is 5.75 Å². The Morgan fingerprint density at radius 3 is 2.43 bits per heavy atom. The van der Waals surface area contributed by atoms with Crippen molar-refractivity contribution >= 4 is 8.32 Å². The topological polar surface area (TPSA) is 80.9 Å². The second-order valence-corrected chi connectivity index (χ2v) is 12.7. The first-order chi connectivity index (χ1) is 14.3. The zero-order valence-electron chi connectivity index (χ0n) is 18.2. The number of rotatable bonds is 8. The van der Waals surface area contributed by atoms with E-state index in [1.807, 2.05) is 37.4 Å². The second kappa shape index (κ2) is 9.47. The largest absolute Gasteiger partial charge is 0.491 e. The molecule has 1 aromatic heterocycles. The lowest BCUT2D eigenvalue weighted by Crippen LogP contribution is -2.40. The molecule has 1 aliphatic heterocycles. The molecule has 0 unspecified atom stereocenters. The van der Waals surface area contributed by atoms with Gasteiger partial charge in [-0.15, -0.1) is 0 Å². The van der Waals surface area contributed by atoms with E-state index in [1.165, 1.54) is 12.7 Å². The first-order valence-corrected chi connectivity index (χ1v) is 13.6. The fourth-order valence-electron chi connectivity index (χ4n) is 4.77. The van der Waals surface area contributed by atoms with Crippen LogP contribution in [0.3, 0.4) is 0 Å². The normalized spacial score (nSPS) is 24.2. The number of pyridine rings is 1. The zero-order chi connectivity index (χ0) is 21.9. The molecule has 2 aromatic rings. The fraction of sp³-hybridized carbons (Fsp3) is 0.522. The summed E-state index contributed by atoms with van der Waals surface area (Å²) in [5, 5.41) is 9.38. The van der Waals surface area contributed by atoms with E-state index in [0.717, 1.165) is 18.5 Å². The molecule has 0 saturated carbocycles. The molecular weight excluding hydrogens is 398 g/mol. The summed E-state index contributed by atoms with van der Waals surface area (Å²) >= 11 is 0. The van der Waals surface area contributed by atoms with Crippen molar-refractivity contribution in [2.24, 2.45) is 5.92 Å². The number of nitrogens with zero attached hydrogens (tertiary/aromatic N) is 1. The van der Waals surface area contributed by atoms with Gasteiger partial charge in [0.1, 0.15) is 0 Å². The summed E-state index contributed by atoms with van der Waals surface area (Å²) in [6.45, 7) is 6.17. The van der Waals surface area contributed by atoms with Crippen LogP contribution in [0.15, 0.2) is 47.4 Å².